The minimum atomic E-state index is -4.76. The molecule has 0 unspecified atom stereocenters. The van der Waals surface area contributed by atoms with Crippen LogP contribution in [0.3, 0.4) is 0 Å². The zero-order valence-electron chi connectivity index (χ0n) is 12.6. The third kappa shape index (κ3) is 4.23. The fourth-order valence-corrected chi connectivity index (χ4v) is 3.49. The van der Waals surface area contributed by atoms with Crippen LogP contribution in [0.1, 0.15) is 5.01 Å². The van der Waals surface area contributed by atoms with E-state index in [0.29, 0.717) is 4.68 Å². The van der Waals surface area contributed by atoms with Crippen LogP contribution in [0.5, 0.6) is 0 Å². The molecule has 0 saturated heterocycles. The van der Waals surface area contributed by atoms with Gasteiger partial charge in [-0.25, -0.2) is 22.6 Å². The number of nitrogens with one attached hydrogen (secondary N) is 1. The number of rotatable bonds is 3. The SMILES string of the molecule is Cn1nc(C(F)(F)F)s/c1=N\C(=O)NS(=O)(=O)c1ccccc1[N+](=O)[O-]. The maximum Gasteiger partial charge on any atom is 0.445 e. The van der Waals surface area contributed by atoms with Gasteiger partial charge in [0.25, 0.3) is 15.7 Å². The smallest absolute Gasteiger partial charge is 0.258 e. The van der Waals surface area contributed by atoms with Crippen molar-refractivity contribution in [3.05, 3.63) is 44.2 Å². The molecule has 140 valence electrons. The van der Waals surface area contributed by atoms with Crippen molar-refractivity contribution < 1.29 is 31.3 Å². The van der Waals surface area contributed by atoms with Crippen LogP contribution < -0.4 is 9.52 Å². The molecule has 26 heavy (non-hydrogen) atoms. The average molecular weight is 411 g/mol. The molecule has 0 aliphatic heterocycles. The lowest BCUT2D eigenvalue weighted by Crippen LogP contribution is -2.30. The first-order chi connectivity index (χ1) is 11.9. The fraction of sp³-hybridized carbons (Fsp3) is 0.182. The van der Waals surface area contributed by atoms with Gasteiger partial charge in [-0.15, -0.1) is 0 Å². The summed E-state index contributed by atoms with van der Waals surface area (Å²) in [5.41, 5.74) is -0.782. The van der Waals surface area contributed by atoms with E-state index in [0.717, 1.165) is 19.2 Å². The number of aromatic nitrogens is 2. The summed E-state index contributed by atoms with van der Waals surface area (Å²) < 4.78 is 64.0. The summed E-state index contributed by atoms with van der Waals surface area (Å²) in [4.78, 5) is 23.5. The number of amides is 2. The minimum absolute atomic E-state index is 0.0209. The van der Waals surface area contributed by atoms with Crippen LogP contribution >= 0.6 is 11.3 Å². The van der Waals surface area contributed by atoms with E-state index in [4.69, 9.17) is 0 Å². The lowest BCUT2D eigenvalue weighted by Gasteiger charge is -2.04. The Morgan fingerprint density at radius 2 is 2.00 bits per heavy atom. The number of benzene rings is 1. The van der Waals surface area contributed by atoms with Crippen molar-refractivity contribution in [2.75, 3.05) is 0 Å². The molecule has 0 aliphatic rings. The number of carbonyl (C=O) groups excluding carboxylic acids is 1. The number of sulfonamides is 1. The van der Waals surface area contributed by atoms with Crippen molar-refractivity contribution in [1.29, 1.82) is 0 Å². The van der Waals surface area contributed by atoms with Crippen molar-refractivity contribution in [1.82, 2.24) is 14.5 Å². The third-order valence-electron chi connectivity index (χ3n) is 2.72. The Morgan fingerprint density at radius 1 is 1.38 bits per heavy atom. The second-order valence-corrected chi connectivity index (χ2v) is 7.17. The van der Waals surface area contributed by atoms with Gasteiger partial charge in [-0.1, -0.05) is 23.5 Å². The number of urea groups is 1. The number of halogens is 3. The van der Waals surface area contributed by atoms with Crippen LogP contribution in [0, 0.1) is 10.1 Å². The fourth-order valence-electron chi connectivity index (χ4n) is 1.68. The number of para-hydroxylation sites is 1. The van der Waals surface area contributed by atoms with Gasteiger partial charge in [0.05, 0.1) is 4.92 Å². The topological polar surface area (TPSA) is 137 Å². The molecule has 1 aromatic carbocycles. The first-order valence-electron chi connectivity index (χ1n) is 6.38. The molecule has 0 radical (unpaired) electrons. The molecule has 0 atom stereocenters. The maximum atomic E-state index is 12.6. The normalized spacial score (nSPS) is 12.8. The molecule has 0 fully saturated rings. The third-order valence-corrected chi connectivity index (χ3v) is 5.13. The molecule has 10 nitrogen and oxygen atoms in total. The first kappa shape index (κ1) is 19.5. The predicted octanol–water partition coefficient (Wildman–Crippen LogP) is 1.41. The standard InChI is InChI=1S/C11H8F3N5O5S2/c1-18-10(25-8(16-18)11(12,13)14)15-9(20)17-26(23,24)7-5-3-2-4-6(7)19(21)22/h2-5H,1H3,(H,17,20)/b15-10-. The average Bonchev–Trinajstić information content (AvgIpc) is 2.87. The quantitative estimate of drug-likeness (QED) is 0.599. The Labute approximate surface area is 146 Å². The number of hydrogen-bond donors (Lipinski definition) is 1. The molecule has 1 N–H and O–H groups in total. The van der Waals surface area contributed by atoms with Crippen LogP contribution in [-0.4, -0.2) is 29.2 Å². The number of hydrogen-bond acceptors (Lipinski definition) is 7. The molecule has 2 aromatic rings. The van der Waals surface area contributed by atoms with Crippen LogP contribution in [0.4, 0.5) is 23.7 Å². The van der Waals surface area contributed by atoms with Gasteiger partial charge >= 0.3 is 12.2 Å². The molecule has 0 bridgehead atoms. The molecule has 15 heteroatoms. The Morgan fingerprint density at radius 3 is 2.54 bits per heavy atom. The number of nitro benzene ring substituents is 1. The van der Waals surface area contributed by atoms with E-state index in [1.54, 1.807) is 0 Å². The van der Waals surface area contributed by atoms with E-state index in [1.807, 2.05) is 0 Å². The van der Waals surface area contributed by atoms with Crippen LogP contribution in [0.25, 0.3) is 0 Å². The summed E-state index contributed by atoms with van der Waals surface area (Å²) in [6.07, 6.45) is -4.76. The summed E-state index contributed by atoms with van der Waals surface area (Å²) in [5, 5.41) is 12.7. The second-order valence-electron chi connectivity index (χ2n) is 4.56. The number of aryl methyl sites for hydroxylation is 1. The van der Waals surface area contributed by atoms with Gasteiger partial charge < -0.3 is 0 Å². The van der Waals surface area contributed by atoms with E-state index >= 15 is 0 Å². The number of alkyl halides is 3. The Kier molecular flexibility index (Phi) is 5.13. The van der Waals surface area contributed by atoms with Crippen molar-refractivity contribution in [3.8, 4) is 0 Å². The first-order valence-corrected chi connectivity index (χ1v) is 8.68. The van der Waals surface area contributed by atoms with Crippen molar-refractivity contribution in [2.24, 2.45) is 12.0 Å². The van der Waals surface area contributed by atoms with Gasteiger partial charge in [0.1, 0.15) is 0 Å². The van der Waals surface area contributed by atoms with Gasteiger partial charge in [0.15, 0.2) is 4.90 Å². The number of nitrogens with zero attached hydrogens (tertiary/aromatic N) is 4. The van der Waals surface area contributed by atoms with E-state index in [-0.39, 0.29) is 11.3 Å². The highest BCUT2D eigenvalue weighted by atomic mass is 32.2. The molecule has 0 aliphatic carbocycles. The molecule has 1 heterocycles. The summed E-state index contributed by atoms with van der Waals surface area (Å²) in [6, 6.07) is 2.69. The van der Waals surface area contributed by atoms with Crippen LogP contribution in [-0.2, 0) is 23.2 Å². The molecule has 0 spiro atoms. The zero-order chi connectivity index (χ0) is 19.7. The maximum absolute atomic E-state index is 12.6. The van der Waals surface area contributed by atoms with E-state index < -0.39 is 47.5 Å². The molecule has 2 rings (SSSR count). The zero-order valence-corrected chi connectivity index (χ0v) is 14.2. The number of nitro groups is 1. The van der Waals surface area contributed by atoms with Crippen molar-refractivity contribution in [2.45, 2.75) is 11.1 Å². The Hall–Kier alpha value is -2.81. The Balaban J connectivity index is 2.36. The highest BCUT2D eigenvalue weighted by molar-refractivity contribution is 7.90. The van der Waals surface area contributed by atoms with Gasteiger partial charge in [-0.2, -0.15) is 23.3 Å². The lowest BCUT2D eigenvalue weighted by molar-refractivity contribution is -0.387. The van der Waals surface area contributed by atoms with Crippen LogP contribution in [0.2, 0.25) is 0 Å². The van der Waals surface area contributed by atoms with Crippen molar-refractivity contribution in [3.63, 3.8) is 0 Å². The highest BCUT2D eigenvalue weighted by Gasteiger charge is 2.35. The second kappa shape index (κ2) is 6.83. The van der Waals surface area contributed by atoms with Gasteiger partial charge in [0, 0.05) is 13.1 Å². The monoisotopic (exact) mass is 411 g/mol. The predicted molar refractivity (Wildman–Crippen MR) is 80.5 cm³/mol. The molecule has 1 aromatic heterocycles. The van der Waals surface area contributed by atoms with E-state index in [2.05, 4.69) is 10.1 Å². The van der Waals surface area contributed by atoms with Gasteiger partial charge in [0.2, 0.25) is 9.81 Å². The lowest BCUT2D eigenvalue weighted by atomic mass is 10.3. The summed E-state index contributed by atoms with van der Waals surface area (Å²) in [5.74, 6) is 0. The van der Waals surface area contributed by atoms with Crippen molar-refractivity contribution >= 4 is 33.1 Å². The molecular weight excluding hydrogens is 403 g/mol. The molecule has 2 amide bonds. The molecular formula is C11H8F3N5O5S2. The summed E-state index contributed by atoms with van der Waals surface area (Å²) in [7, 11) is -3.59. The largest absolute Gasteiger partial charge is 0.445 e. The van der Waals surface area contributed by atoms with Gasteiger partial charge in [-0.05, 0) is 6.07 Å². The molecule has 0 saturated carbocycles. The summed E-state index contributed by atoms with van der Waals surface area (Å²) >= 11 is 0.0209. The van der Waals surface area contributed by atoms with E-state index in [1.165, 1.54) is 16.9 Å². The number of carbonyl (C=O) groups is 1. The van der Waals surface area contributed by atoms with E-state index in [9.17, 15) is 36.5 Å². The van der Waals surface area contributed by atoms with Gasteiger partial charge in [-0.3, -0.25) is 10.1 Å². The highest BCUT2D eigenvalue weighted by Crippen LogP contribution is 2.28. The Bertz CT molecular complexity index is 1040. The summed E-state index contributed by atoms with van der Waals surface area (Å²) in [6.45, 7) is 0. The minimum Gasteiger partial charge on any atom is -0.258 e. The van der Waals surface area contributed by atoms with Crippen LogP contribution in [0.15, 0.2) is 34.2 Å².